The Bertz CT molecular complexity index is 23.6. The van der Waals surface area contributed by atoms with Crippen LogP contribution in [0.25, 0.3) is 0 Å². The molecule has 0 aromatic heterocycles. The highest BCUT2D eigenvalue weighted by Crippen LogP contribution is 1.67. The molecule has 0 bridgehead atoms. The van der Waals surface area contributed by atoms with Crippen molar-refractivity contribution in [3.8, 4) is 0 Å². The number of hydrogen-bond donors (Lipinski definition) is 0. The summed E-state index contributed by atoms with van der Waals surface area (Å²) in [7, 11) is 0. The molecule has 0 aromatic carbocycles. The van der Waals surface area contributed by atoms with Crippen molar-refractivity contribution in [2.45, 2.75) is 0 Å². The molecule has 0 aromatic rings. The lowest BCUT2D eigenvalue weighted by Crippen LogP contribution is -1.61. The zero-order valence-electron chi connectivity index (χ0n) is 2.65. The van der Waals surface area contributed by atoms with Gasteiger partial charge in [0.2, 0.25) is 0 Å². The Morgan fingerprint density at radius 1 is 1.80 bits per heavy atom. The third-order valence-electron chi connectivity index (χ3n) is 0.0630. The van der Waals surface area contributed by atoms with E-state index < -0.39 is 0 Å². The van der Waals surface area contributed by atoms with E-state index >= 15 is 0 Å². The van der Waals surface area contributed by atoms with Gasteiger partial charge in [-0.2, -0.15) is 0 Å². The average molecular weight is 197 g/mol. The smallest absolute Gasteiger partial charge is 0.129 e. The fraction of sp³-hybridized carbons (Fsp3) is 0.500. The largest absolute Gasteiger partial charge is 0.303 e. The van der Waals surface area contributed by atoms with Gasteiger partial charge in [-0.3, -0.25) is 0 Å². The second-order valence-electron chi connectivity index (χ2n) is 0.321. The van der Waals surface area contributed by atoms with Crippen LogP contribution in [0.3, 0.4) is 0 Å². The van der Waals surface area contributed by atoms with Gasteiger partial charge in [0, 0.05) is 17.4 Å². The summed E-state index contributed by atoms with van der Waals surface area (Å²) in [5.74, 6) is 0. The Morgan fingerprint density at radius 2 is 2.00 bits per heavy atom. The second kappa shape index (κ2) is 8.87. The highest BCUT2D eigenvalue weighted by Gasteiger charge is 1.55. The maximum absolute atomic E-state index is 9.17. The Labute approximate surface area is 55.4 Å². The zero-order valence-corrected chi connectivity index (χ0v) is 5.96. The van der Waals surface area contributed by atoms with E-state index in [2.05, 4.69) is 0 Å². The van der Waals surface area contributed by atoms with Crippen LogP contribution < -0.4 is 0 Å². The zero-order chi connectivity index (χ0) is 3.41. The van der Waals surface area contributed by atoms with Crippen LogP contribution in [0.15, 0.2) is 0 Å². The molecule has 0 rings (SSSR count). The van der Waals surface area contributed by atoms with Crippen molar-refractivity contribution in [1.29, 1.82) is 0 Å². The maximum atomic E-state index is 9.17. The second-order valence-corrected chi connectivity index (χ2v) is 1.20. The van der Waals surface area contributed by atoms with Gasteiger partial charge in [0.25, 0.3) is 0 Å². The summed E-state index contributed by atoms with van der Waals surface area (Å²) in [5, 5.41) is 0. The molecule has 5 heavy (non-hydrogen) atoms. The topological polar surface area (TPSA) is 17.1 Å². The van der Waals surface area contributed by atoms with Gasteiger partial charge in [-0.05, 0) is 0 Å². The molecule has 0 N–H and O–H groups in total. The maximum Gasteiger partial charge on any atom is 0.129 e. The molecule has 0 saturated heterocycles. The van der Waals surface area contributed by atoms with Gasteiger partial charge in [0.05, 0.1) is 4.43 Å². The molecule has 0 fully saturated rings. The number of hydrogen-bond acceptors (Lipinski definition) is 1. The fourth-order valence-corrected chi connectivity index (χ4v) is 0. The molecule has 0 amide bonds. The lowest BCUT2D eigenvalue weighted by Gasteiger charge is -1.49. The number of aldehydes is 1. The molecule has 27 valence electrons. The minimum atomic E-state index is 0. The van der Waals surface area contributed by atoms with Gasteiger partial charge in [-0.15, -0.1) is 0 Å². The Morgan fingerprint density at radius 3 is 2.00 bits per heavy atom. The van der Waals surface area contributed by atoms with Crippen LogP contribution in [0.5, 0.6) is 0 Å². The summed E-state index contributed by atoms with van der Waals surface area (Å²) < 4.78 is 0.609. The van der Waals surface area contributed by atoms with Crippen molar-refractivity contribution in [2.24, 2.45) is 0 Å². The van der Waals surface area contributed by atoms with E-state index in [-0.39, 0.29) is 17.4 Å². The molecule has 0 spiro atoms. The summed E-state index contributed by atoms with van der Waals surface area (Å²) in [4.78, 5) is 9.17. The molecule has 0 heterocycles. The summed E-state index contributed by atoms with van der Waals surface area (Å²) in [6.07, 6.45) is 0.862. The molecule has 3 heteroatoms. The first-order chi connectivity index (χ1) is 1.91. The van der Waals surface area contributed by atoms with Crippen molar-refractivity contribution in [3.05, 3.63) is 0 Å². The predicted molar refractivity (Wildman–Crippen MR) is 30.7 cm³/mol. The van der Waals surface area contributed by atoms with Gasteiger partial charge in [-0.25, -0.2) is 0 Å². The van der Waals surface area contributed by atoms with Crippen LogP contribution in [0.2, 0.25) is 0 Å². The van der Waals surface area contributed by atoms with Gasteiger partial charge in [-0.1, -0.05) is 22.6 Å². The first-order valence-corrected chi connectivity index (χ1v) is 2.44. The van der Waals surface area contributed by atoms with Crippen LogP contribution in [0, 0.1) is 0 Å². The van der Waals surface area contributed by atoms with Gasteiger partial charge in [0.15, 0.2) is 0 Å². The SMILES string of the molecule is O=CCI.[Al]. The van der Waals surface area contributed by atoms with E-state index in [1.807, 2.05) is 22.6 Å². The van der Waals surface area contributed by atoms with Crippen molar-refractivity contribution >= 4 is 46.2 Å². The van der Waals surface area contributed by atoms with Crippen molar-refractivity contribution in [3.63, 3.8) is 0 Å². The molecule has 0 unspecified atom stereocenters. The molecular formula is C2H3AlIO. The first-order valence-electron chi connectivity index (χ1n) is 0.911. The van der Waals surface area contributed by atoms with Crippen LogP contribution in [-0.2, 0) is 4.79 Å². The highest BCUT2D eigenvalue weighted by molar-refractivity contribution is 14.1. The molecule has 0 aliphatic carbocycles. The monoisotopic (exact) mass is 197 g/mol. The van der Waals surface area contributed by atoms with Crippen LogP contribution in [-0.4, -0.2) is 28.1 Å². The van der Waals surface area contributed by atoms with E-state index in [9.17, 15) is 0 Å². The average Bonchev–Trinajstić information content (AvgIpc) is 1.37. The third kappa shape index (κ3) is 11.4. The molecule has 0 saturated carbocycles. The Hall–Kier alpha value is 0.932. The Balaban J connectivity index is 0. The normalized spacial score (nSPS) is 5.00. The molecule has 1 nitrogen and oxygen atoms in total. The molecule has 0 aliphatic heterocycles. The van der Waals surface area contributed by atoms with E-state index in [0.29, 0.717) is 4.43 Å². The highest BCUT2D eigenvalue weighted by atomic mass is 127. The molecule has 0 aliphatic rings. The fourth-order valence-electron chi connectivity index (χ4n) is 0. The van der Waals surface area contributed by atoms with Crippen LogP contribution >= 0.6 is 22.6 Å². The van der Waals surface area contributed by atoms with E-state index in [1.54, 1.807) is 0 Å². The summed E-state index contributed by atoms with van der Waals surface area (Å²) >= 11 is 1.98. The van der Waals surface area contributed by atoms with Crippen LogP contribution in [0.1, 0.15) is 0 Å². The minimum Gasteiger partial charge on any atom is -0.303 e. The van der Waals surface area contributed by atoms with Crippen LogP contribution in [0.4, 0.5) is 0 Å². The summed E-state index contributed by atoms with van der Waals surface area (Å²) in [6, 6.07) is 0. The number of rotatable bonds is 1. The van der Waals surface area contributed by atoms with Gasteiger partial charge < -0.3 is 4.79 Å². The standard InChI is InChI=1S/C2H3IO.Al/c3-1-2-4;/h2H,1H2;. The predicted octanol–water partition coefficient (Wildman–Crippen LogP) is 0.240. The van der Waals surface area contributed by atoms with Crippen molar-refractivity contribution in [2.75, 3.05) is 4.43 Å². The summed E-state index contributed by atoms with van der Waals surface area (Å²) in [5.41, 5.74) is 0. The number of carbonyl (C=O) groups is 1. The minimum absolute atomic E-state index is 0. The quantitative estimate of drug-likeness (QED) is 0.254. The van der Waals surface area contributed by atoms with Crippen molar-refractivity contribution < 1.29 is 4.79 Å². The van der Waals surface area contributed by atoms with E-state index in [1.165, 1.54) is 0 Å². The molecular weight excluding hydrogens is 194 g/mol. The van der Waals surface area contributed by atoms with E-state index in [0.717, 1.165) is 6.29 Å². The van der Waals surface area contributed by atoms with Gasteiger partial charge >= 0.3 is 0 Å². The number of carbonyl (C=O) groups excluding carboxylic acids is 1. The number of alkyl halides is 1. The summed E-state index contributed by atoms with van der Waals surface area (Å²) in [6.45, 7) is 0. The molecule has 0 atom stereocenters. The van der Waals surface area contributed by atoms with Crippen molar-refractivity contribution in [1.82, 2.24) is 0 Å². The molecule has 3 radical (unpaired) electrons. The number of halogens is 1. The van der Waals surface area contributed by atoms with Gasteiger partial charge in [0.1, 0.15) is 6.29 Å². The lowest BCUT2D eigenvalue weighted by atomic mass is 11.0. The first kappa shape index (κ1) is 9.33. The lowest BCUT2D eigenvalue weighted by molar-refractivity contribution is -0.105. The Kier molecular flexibility index (Phi) is 16.6. The van der Waals surface area contributed by atoms with E-state index in [4.69, 9.17) is 4.79 Å². The third-order valence-corrected chi connectivity index (χ3v) is 0.423.